The molecule has 3 fully saturated rings. The number of ether oxygens (including phenoxy) is 1. The van der Waals surface area contributed by atoms with Crippen molar-refractivity contribution in [1.29, 1.82) is 5.41 Å². The van der Waals surface area contributed by atoms with Gasteiger partial charge in [-0.05, 0) is 43.7 Å². The Balaban J connectivity index is 1.31. The first-order valence-electron chi connectivity index (χ1n) is 13.4. The maximum Gasteiger partial charge on any atom is 0.269 e. The summed E-state index contributed by atoms with van der Waals surface area (Å²) in [6.07, 6.45) is 8.69. The third-order valence-electron chi connectivity index (χ3n) is 7.61. The zero-order valence-corrected chi connectivity index (χ0v) is 21.4. The lowest BCUT2D eigenvalue weighted by Gasteiger charge is -2.30. The molecule has 10 nitrogen and oxygen atoms in total. The van der Waals surface area contributed by atoms with Gasteiger partial charge in [-0.2, -0.15) is 5.10 Å². The Morgan fingerprint density at radius 2 is 1.74 bits per heavy atom. The zero-order valence-electron chi connectivity index (χ0n) is 21.4. The van der Waals surface area contributed by atoms with Gasteiger partial charge < -0.3 is 26.1 Å². The van der Waals surface area contributed by atoms with E-state index >= 15 is 0 Å². The van der Waals surface area contributed by atoms with E-state index in [-0.39, 0.29) is 35.2 Å². The molecule has 2 aromatic rings. The number of hydrogen-bond acceptors (Lipinski definition) is 7. The van der Waals surface area contributed by atoms with Crippen molar-refractivity contribution in [3.05, 3.63) is 53.5 Å². The molecule has 2 aliphatic heterocycles. The molecule has 10 heteroatoms. The van der Waals surface area contributed by atoms with E-state index in [1.54, 1.807) is 6.20 Å². The van der Waals surface area contributed by atoms with E-state index in [9.17, 15) is 14.4 Å². The molecule has 1 aliphatic carbocycles. The van der Waals surface area contributed by atoms with Gasteiger partial charge in [0, 0.05) is 49.5 Å². The number of Topliss-reactive ketones (excluding diaryl/α,β-unsaturated/α-hetero) is 1. The van der Waals surface area contributed by atoms with Crippen LogP contribution in [-0.4, -0.2) is 53.3 Å². The second-order valence-corrected chi connectivity index (χ2v) is 10.0. The summed E-state index contributed by atoms with van der Waals surface area (Å²) < 4.78 is 7.82. The Hall–Kier alpha value is -3.79. The molecule has 0 spiro atoms. The first-order chi connectivity index (χ1) is 18.6. The summed E-state index contributed by atoms with van der Waals surface area (Å²) in [7, 11) is 0. The topological polar surface area (TPSA) is 138 Å². The van der Waals surface area contributed by atoms with Crippen LogP contribution < -0.4 is 16.0 Å². The van der Waals surface area contributed by atoms with Gasteiger partial charge in [0.15, 0.2) is 12.0 Å². The van der Waals surface area contributed by atoms with E-state index in [1.807, 2.05) is 35.0 Å². The summed E-state index contributed by atoms with van der Waals surface area (Å²) in [6, 6.07) is 9.44. The summed E-state index contributed by atoms with van der Waals surface area (Å²) in [5.41, 5.74) is 2.75. The van der Waals surface area contributed by atoms with Crippen LogP contribution in [0.1, 0.15) is 61.5 Å². The van der Waals surface area contributed by atoms with E-state index in [1.165, 1.54) is 0 Å². The molecular formula is C28H34N6O4. The van der Waals surface area contributed by atoms with Crippen molar-refractivity contribution < 1.29 is 19.1 Å². The number of nitrogens with one attached hydrogen (secondary N) is 4. The second-order valence-electron chi connectivity index (χ2n) is 10.0. The fourth-order valence-electron chi connectivity index (χ4n) is 5.61. The highest BCUT2D eigenvalue weighted by atomic mass is 16.5. The van der Waals surface area contributed by atoms with Crippen molar-refractivity contribution in [2.24, 2.45) is 11.8 Å². The lowest BCUT2D eigenvalue weighted by atomic mass is 9.75. The molecule has 1 aromatic carbocycles. The molecule has 1 aromatic heterocycles. The Morgan fingerprint density at radius 3 is 2.45 bits per heavy atom. The maximum absolute atomic E-state index is 13.6. The normalized spacial score (nSPS) is 25.1. The lowest BCUT2D eigenvalue weighted by molar-refractivity contribution is -0.126. The molecular weight excluding hydrogens is 484 g/mol. The summed E-state index contributed by atoms with van der Waals surface area (Å²) in [6.45, 7) is 1.73. The molecule has 4 N–H and O–H groups in total. The van der Waals surface area contributed by atoms with Crippen LogP contribution in [0.5, 0.6) is 0 Å². The monoisotopic (exact) mass is 518 g/mol. The quantitative estimate of drug-likeness (QED) is 0.253. The van der Waals surface area contributed by atoms with Crippen LogP contribution in [0.25, 0.3) is 11.3 Å². The van der Waals surface area contributed by atoms with Crippen LogP contribution in [-0.2, 0) is 14.3 Å². The fourth-order valence-corrected chi connectivity index (χ4v) is 5.61. The van der Waals surface area contributed by atoms with Crippen molar-refractivity contribution in [3.8, 4) is 11.3 Å². The van der Waals surface area contributed by atoms with Crippen molar-refractivity contribution in [2.45, 2.75) is 51.2 Å². The SMILES string of the molecule is N=C/C(NC(=O)[C@@H]1CCCC[C@H]1C(=O)c1ccc(-c2ccnn2C2CCCCO2)cc1)=C1\NCCNC1=O. The molecule has 0 radical (unpaired) electrons. The van der Waals surface area contributed by atoms with Crippen molar-refractivity contribution >= 4 is 23.8 Å². The summed E-state index contributed by atoms with van der Waals surface area (Å²) >= 11 is 0. The number of allylic oxidation sites excluding steroid dienone is 1. The molecule has 3 heterocycles. The van der Waals surface area contributed by atoms with Crippen LogP contribution in [0.3, 0.4) is 0 Å². The number of carbonyl (C=O) groups is 3. The molecule has 2 saturated heterocycles. The van der Waals surface area contributed by atoms with Crippen LogP contribution in [0.4, 0.5) is 0 Å². The number of amides is 2. The smallest absolute Gasteiger partial charge is 0.269 e. The van der Waals surface area contributed by atoms with Crippen molar-refractivity contribution in [2.75, 3.05) is 19.7 Å². The number of piperazine rings is 1. The molecule has 1 saturated carbocycles. The number of carbonyl (C=O) groups excluding carboxylic acids is 3. The van der Waals surface area contributed by atoms with E-state index in [0.717, 1.165) is 56.2 Å². The van der Waals surface area contributed by atoms with Gasteiger partial charge in [0.1, 0.15) is 5.70 Å². The van der Waals surface area contributed by atoms with Crippen LogP contribution in [0.15, 0.2) is 47.9 Å². The minimum Gasteiger partial charge on any atom is -0.377 e. The van der Waals surface area contributed by atoms with Crippen LogP contribution in [0, 0.1) is 17.2 Å². The molecule has 5 rings (SSSR count). The Labute approximate surface area is 221 Å². The summed E-state index contributed by atoms with van der Waals surface area (Å²) in [5, 5.41) is 20.6. The summed E-state index contributed by atoms with van der Waals surface area (Å²) in [5.74, 6) is -1.73. The minimum absolute atomic E-state index is 0.0573. The van der Waals surface area contributed by atoms with Gasteiger partial charge in [-0.25, -0.2) is 4.68 Å². The highest BCUT2D eigenvalue weighted by Crippen LogP contribution is 2.34. The van der Waals surface area contributed by atoms with E-state index in [4.69, 9.17) is 10.1 Å². The lowest BCUT2D eigenvalue weighted by Crippen LogP contribution is -2.46. The fraction of sp³-hybridized carbons (Fsp3) is 0.464. The maximum atomic E-state index is 13.6. The van der Waals surface area contributed by atoms with Crippen molar-refractivity contribution in [1.82, 2.24) is 25.7 Å². The highest BCUT2D eigenvalue weighted by Gasteiger charge is 2.36. The van der Waals surface area contributed by atoms with Gasteiger partial charge in [-0.1, -0.05) is 37.1 Å². The molecule has 200 valence electrons. The van der Waals surface area contributed by atoms with E-state index < -0.39 is 11.8 Å². The van der Waals surface area contributed by atoms with E-state index in [2.05, 4.69) is 21.0 Å². The Bertz CT molecular complexity index is 1230. The number of rotatable bonds is 7. The third kappa shape index (κ3) is 5.40. The van der Waals surface area contributed by atoms with Gasteiger partial charge in [0.25, 0.3) is 5.91 Å². The number of nitrogens with zero attached hydrogens (tertiary/aromatic N) is 2. The molecule has 3 atom stereocenters. The Morgan fingerprint density at radius 1 is 1.00 bits per heavy atom. The number of aromatic nitrogens is 2. The molecule has 2 amide bonds. The van der Waals surface area contributed by atoms with Crippen molar-refractivity contribution in [3.63, 3.8) is 0 Å². The van der Waals surface area contributed by atoms with Gasteiger partial charge in [-0.15, -0.1) is 0 Å². The second kappa shape index (κ2) is 11.7. The molecule has 3 aliphatic rings. The van der Waals surface area contributed by atoms with E-state index in [0.29, 0.717) is 31.5 Å². The first-order valence-corrected chi connectivity index (χ1v) is 13.4. The molecule has 38 heavy (non-hydrogen) atoms. The average molecular weight is 519 g/mol. The Kier molecular flexibility index (Phi) is 7.97. The van der Waals surface area contributed by atoms with Gasteiger partial charge >= 0.3 is 0 Å². The predicted molar refractivity (Wildman–Crippen MR) is 141 cm³/mol. The molecule has 1 unspecified atom stereocenters. The third-order valence-corrected chi connectivity index (χ3v) is 7.61. The van der Waals surface area contributed by atoms with Gasteiger partial charge in [0.2, 0.25) is 5.91 Å². The first kappa shape index (κ1) is 25.8. The van der Waals surface area contributed by atoms with Crippen LogP contribution in [0.2, 0.25) is 0 Å². The number of ketones is 1. The number of hydrogen-bond donors (Lipinski definition) is 4. The van der Waals surface area contributed by atoms with Crippen LogP contribution >= 0.6 is 0 Å². The largest absolute Gasteiger partial charge is 0.377 e. The van der Waals surface area contributed by atoms with Gasteiger partial charge in [-0.3, -0.25) is 14.4 Å². The summed E-state index contributed by atoms with van der Waals surface area (Å²) in [4.78, 5) is 39.0. The molecule has 0 bridgehead atoms. The standard InChI is InChI=1S/C28H34N6O4/c29-17-22(25-28(37)31-15-14-30-25)33-27(36)21-6-2-1-5-20(21)26(35)19-10-8-18(9-11-19)23-12-13-32-34(23)24-7-3-4-16-38-24/h8-13,17,20-21,24,29-30H,1-7,14-16H2,(H,31,37)(H,33,36)/b25-22+,29-17?/t20-,21-,24?/m1/s1. The zero-order chi connectivity index (χ0) is 26.5. The average Bonchev–Trinajstić information content (AvgIpc) is 3.46. The predicted octanol–water partition coefficient (Wildman–Crippen LogP) is 2.94. The minimum atomic E-state index is -0.525. The number of benzene rings is 1. The van der Waals surface area contributed by atoms with Gasteiger partial charge in [0.05, 0.1) is 11.4 Å². The highest BCUT2D eigenvalue weighted by molar-refractivity contribution is 6.03.